The van der Waals surface area contributed by atoms with Crippen molar-refractivity contribution in [3.8, 4) is 0 Å². The van der Waals surface area contributed by atoms with Crippen LogP contribution in [0.15, 0.2) is 5.51 Å². The van der Waals surface area contributed by atoms with E-state index in [1.54, 1.807) is 5.51 Å². The number of thiazole rings is 1. The number of carboxylic acid groups (broad SMARTS) is 1. The van der Waals surface area contributed by atoms with Crippen molar-refractivity contribution in [2.45, 2.75) is 38.3 Å². The van der Waals surface area contributed by atoms with Crippen molar-refractivity contribution < 1.29 is 9.90 Å². The van der Waals surface area contributed by atoms with Crippen molar-refractivity contribution in [1.82, 2.24) is 10.3 Å². The monoisotopic (exact) mass is 226 g/mol. The van der Waals surface area contributed by atoms with Gasteiger partial charge < -0.3 is 10.4 Å². The van der Waals surface area contributed by atoms with Gasteiger partial charge in [0.2, 0.25) is 0 Å². The van der Waals surface area contributed by atoms with Crippen LogP contribution in [0.1, 0.15) is 41.0 Å². The molecule has 0 bridgehead atoms. The number of hydrogen-bond acceptors (Lipinski definition) is 4. The number of hydrogen-bond donors (Lipinski definition) is 2. The minimum atomic E-state index is -0.931. The van der Waals surface area contributed by atoms with Gasteiger partial charge in [0, 0.05) is 12.6 Å². The molecule has 0 radical (unpaired) electrons. The summed E-state index contributed by atoms with van der Waals surface area (Å²) in [7, 11) is 0. The van der Waals surface area contributed by atoms with Crippen LogP contribution in [-0.2, 0) is 6.54 Å². The summed E-state index contributed by atoms with van der Waals surface area (Å²) in [6.07, 6.45) is 4.99. The summed E-state index contributed by atoms with van der Waals surface area (Å²) in [6, 6.07) is 0.564. The van der Waals surface area contributed by atoms with Gasteiger partial charge in [-0.05, 0) is 12.8 Å². The Morgan fingerprint density at radius 3 is 3.00 bits per heavy atom. The lowest BCUT2D eigenvalue weighted by Crippen LogP contribution is -2.25. The van der Waals surface area contributed by atoms with Crippen LogP contribution in [0.5, 0.6) is 0 Å². The second-order valence-corrected chi connectivity index (χ2v) is 4.73. The maximum Gasteiger partial charge on any atom is 0.355 e. The lowest BCUT2D eigenvalue weighted by Gasteiger charge is -2.10. The average molecular weight is 226 g/mol. The van der Waals surface area contributed by atoms with Crippen LogP contribution >= 0.6 is 11.3 Å². The predicted molar refractivity (Wildman–Crippen MR) is 58.2 cm³/mol. The van der Waals surface area contributed by atoms with Crippen LogP contribution in [0.3, 0.4) is 0 Å². The van der Waals surface area contributed by atoms with Gasteiger partial charge in [0.05, 0.1) is 10.4 Å². The van der Waals surface area contributed by atoms with E-state index < -0.39 is 5.97 Å². The van der Waals surface area contributed by atoms with E-state index in [0.29, 0.717) is 12.6 Å². The fourth-order valence-corrected chi connectivity index (χ4v) is 2.64. The van der Waals surface area contributed by atoms with Crippen LogP contribution in [0.25, 0.3) is 0 Å². The first-order valence-corrected chi connectivity index (χ1v) is 6.04. The molecular weight excluding hydrogens is 212 g/mol. The third-order valence-electron chi connectivity index (χ3n) is 2.75. The van der Waals surface area contributed by atoms with Crippen LogP contribution in [0.2, 0.25) is 0 Å². The molecule has 1 heterocycles. The molecule has 1 saturated carbocycles. The lowest BCUT2D eigenvalue weighted by molar-refractivity contribution is 0.0690. The van der Waals surface area contributed by atoms with Crippen molar-refractivity contribution >= 4 is 17.3 Å². The van der Waals surface area contributed by atoms with E-state index >= 15 is 0 Å². The Balaban J connectivity index is 1.92. The first-order chi connectivity index (χ1) is 7.27. The third kappa shape index (κ3) is 2.54. The van der Waals surface area contributed by atoms with E-state index in [1.165, 1.54) is 37.0 Å². The van der Waals surface area contributed by atoms with Crippen LogP contribution in [0.4, 0.5) is 0 Å². The Hall–Kier alpha value is -0.940. The second-order valence-electron chi connectivity index (χ2n) is 3.79. The van der Waals surface area contributed by atoms with Crippen molar-refractivity contribution in [2.24, 2.45) is 0 Å². The lowest BCUT2D eigenvalue weighted by atomic mass is 10.2. The number of aromatic nitrogens is 1. The zero-order valence-corrected chi connectivity index (χ0v) is 9.22. The number of carboxylic acids is 1. The van der Waals surface area contributed by atoms with Gasteiger partial charge in [-0.1, -0.05) is 12.8 Å². The van der Waals surface area contributed by atoms with E-state index in [-0.39, 0.29) is 5.69 Å². The maximum atomic E-state index is 10.8. The highest BCUT2D eigenvalue weighted by molar-refractivity contribution is 7.09. The summed E-state index contributed by atoms with van der Waals surface area (Å²) in [6.45, 7) is 0.636. The Morgan fingerprint density at radius 1 is 1.60 bits per heavy atom. The molecule has 5 heteroatoms. The molecule has 2 N–H and O–H groups in total. The summed E-state index contributed by atoms with van der Waals surface area (Å²) in [5, 5.41) is 12.2. The van der Waals surface area contributed by atoms with Crippen molar-refractivity contribution in [3.05, 3.63) is 16.1 Å². The Bertz CT molecular complexity index is 345. The summed E-state index contributed by atoms with van der Waals surface area (Å²) in [5.74, 6) is -0.931. The molecule has 1 fully saturated rings. The van der Waals surface area contributed by atoms with E-state index in [0.717, 1.165) is 4.88 Å². The van der Waals surface area contributed by atoms with Gasteiger partial charge in [-0.15, -0.1) is 11.3 Å². The number of carbonyl (C=O) groups is 1. The minimum absolute atomic E-state index is 0.200. The molecule has 1 aromatic heterocycles. The average Bonchev–Trinajstić information content (AvgIpc) is 2.86. The number of nitrogens with one attached hydrogen (secondary N) is 1. The van der Waals surface area contributed by atoms with Gasteiger partial charge in [0.25, 0.3) is 0 Å². The topological polar surface area (TPSA) is 62.2 Å². The largest absolute Gasteiger partial charge is 0.476 e. The first-order valence-electron chi connectivity index (χ1n) is 5.16. The molecule has 1 aromatic rings. The van der Waals surface area contributed by atoms with Crippen molar-refractivity contribution in [2.75, 3.05) is 0 Å². The van der Waals surface area contributed by atoms with Crippen LogP contribution in [-0.4, -0.2) is 22.1 Å². The summed E-state index contributed by atoms with van der Waals surface area (Å²) >= 11 is 1.41. The van der Waals surface area contributed by atoms with Gasteiger partial charge in [0.15, 0.2) is 5.69 Å². The molecule has 15 heavy (non-hydrogen) atoms. The molecule has 1 aliphatic rings. The summed E-state index contributed by atoms with van der Waals surface area (Å²) < 4.78 is 0. The number of nitrogens with zero attached hydrogens (tertiary/aromatic N) is 1. The molecule has 1 aliphatic carbocycles. The molecular formula is C10H14N2O2S. The second kappa shape index (κ2) is 4.72. The van der Waals surface area contributed by atoms with Crippen molar-refractivity contribution in [1.29, 1.82) is 0 Å². The molecule has 4 nitrogen and oxygen atoms in total. The molecule has 0 unspecified atom stereocenters. The van der Waals surface area contributed by atoms with E-state index in [1.807, 2.05) is 0 Å². The smallest absolute Gasteiger partial charge is 0.355 e. The molecule has 82 valence electrons. The summed E-state index contributed by atoms with van der Waals surface area (Å²) in [5.41, 5.74) is 1.79. The molecule has 0 amide bonds. The van der Waals surface area contributed by atoms with Crippen molar-refractivity contribution in [3.63, 3.8) is 0 Å². The fourth-order valence-electron chi connectivity index (χ4n) is 1.94. The standard InChI is InChI=1S/C10H14N2O2S/c13-10(14)9-8(15-6-12-9)5-11-7-3-1-2-4-7/h6-7,11H,1-5H2,(H,13,14). The third-order valence-corrected chi connectivity index (χ3v) is 3.58. The Labute approximate surface area is 92.3 Å². The predicted octanol–water partition coefficient (Wildman–Crippen LogP) is 1.87. The van der Waals surface area contributed by atoms with E-state index in [4.69, 9.17) is 5.11 Å². The number of rotatable bonds is 4. The van der Waals surface area contributed by atoms with E-state index in [2.05, 4.69) is 10.3 Å². The fraction of sp³-hybridized carbons (Fsp3) is 0.600. The zero-order chi connectivity index (χ0) is 10.7. The Morgan fingerprint density at radius 2 is 2.33 bits per heavy atom. The Kier molecular flexibility index (Phi) is 3.33. The molecule has 0 saturated heterocycles. The summed E-state index contributed by atoms with van der Waals surface area (Å²) in [4.78, 5) is 15.5. The van der Waals surface area contributed by atoms with Crippen LogP contribution < -0.4 is 5.32 Å². The van der Waals surface area contributed by atoms with Gasteiger partial charge in [-0.25, -0.2) is 9.78 Å². The SMILES string of the molecule is O=C(O)c1ncsc1CNC1CCCC1. The van der Waals surface area contributed by atoms with E-state index in [9.17, 15) is 4.79 Å². The molecule has 0 aromatic carbocycles. The van der Waals surface area contributed by atoms with Gasteiger partial charge in [-0.3, -0.25) is 0 Å². The van der Waals surface area contributed by atoms with Gasteiger partial charge in [-0.2, -0.15) is 0 Å². The molecule has 0 aliphatic heterocycles. The zero-order valence-electron chi connectivity index (χ0n) is 8.40. The molecule has 2 rings (SSSR count). The normalized spacial score (nSPS) is 17.1. The number of aromatic carboxylic acids is 1. The quantitative estimate of drug-likeness (QED) is 0.822. The van der Waals surface area contributed by atoms with Crippen LogP contribution in [0, 0.1) is 0 Å². The highest BCUT2D eigenvalue weighted by Gasteiger charge is 2.17. The molecule has 0 spiro atoms. The maximum absolute atomic E-state index is 10.8. The molecule has 0 atom stereocenters. The van der Waals surface area contributed by atoms with Gasteiger partial charge >= 0.3 is 5.97 Å². The highest BCUT2D eigenvalue weighted by Crippen LogP contribution is 2.19. The first kappa shape index (κ1) is 10.6. The van der Waals surface area contributed by atoms with Gasteiger partial charge in [0.1, 0.15) is 0 Å². The minimum Gasteiger partial charge on any atom is -0.476 e. The highest BCUT2D eigenvalue weighted by atomic mass is 32.1.